The molecule has 0 aromatic heterocycles. The van der Waals surface area contributed by atoms with Gasteiger partial charge in [-0.1, -0.05) is 30.3 Å². The van der Waals surface area contributed by atoms with Crippen molar-refractivity contribution >= 4 is 28.1 Å². The second-order valence-electron chi connectivity index (χ2n) is 6.16. The molecule has 5 nitrogen and oxygen atoms in total. The number of halogens is 1. The number of nitrogens with zero attached hydrogens (tertiary/aromatic N) is 2. The summed E-state index contributed by atoms with van der Waals surface area (Å²) in [6.07, 6.45) is 0. The van der Waals surface area contributed by atoms with E-state index in [1.54, 1.807) is 26.2 Å². The highest BCUT2D eigenvalue weighted by atomic mass is 35.5. The van der Waals surface area contributed by atoms with Crippen LogP contribution in [0.4, 0.5) is 5.69 Å². The van der Waals surface area contributed by atoms with Gasteiger partial charge in [0.25, 0.3) is 0 Å². The summed E-state index contributed by atoms with van der Waals surface area (Å²) in [4.78, 5) is 2.67. The Labute approximate surface area is 156 Å². The molecule has 1 aliphatic heterocycles. The largest absolute Gasteiger partial charge is 0.366 e. The van der Waals surface area contributed by atoms with Gasteiger partial charge in [-0.2, -0.15) is 0 Å². The predicted molar refractivity (Wildman–Crippen MR) is 104 cm³/mol. The molecular formula is C18H24ClN3O2S. The molecule has 0 amide bonds. The molecule has 0 radical (unpaired) electrons. The molecule has 2 aromatic rings. The summed E-state index contributed by atoms with van der Waals surface area (Å²) in [5.41, 5.74) is 3.64. The first kappa shape index (κ1) is 19.7. The Bertz CT molecular complexity index is 807. The number of fused-ring (bicyclic) bond motifs is 1. The van der Waals surface area contributed by atoms with Crippen LogP contribution >= 0.6 is 12.4 Å². The van der Waals surface area contributed by atoms with Crippen molar-refractivity contribution in [2.45, 2.75) is 18.0 Å². The monoisotopic (exact) mass is 381 g/mol. The Morgan fingerprint density at radius 3 is 2.44 bits per heavy atom. The Balaban J connectivity index is 0.00000225. The van der Waals surface area contributed by atoms with Crippen LogP contribution in [0.25, 0.3) is 0 Å². The maximum absolute atomic E-state index is 12.1. The van der Waals surface area contributed by atoms with Gasteiger partial charge in [0, 0.05) is 46.0 Å². The van der Waals surface area contributed by atoms with Crippen molar-refractivity contribution in [1.82, 2.24) is 9.62 Å². The first-order valence-electron chi connectivity index (χ1n) is 8.03. The van der Waals surface area contributed by atoms with Gasteiger partial charge in [-0.3, -0.25) is 0 Å². The molecule has 0 spiro atoms. The first-order chi connectivity index (χ1) is 11.5. The SMILES string of the molecule is CN(C)S(=O)(=O)c1ccc(CN2CCNCc3ccccc32)cc1.Cl. The van der Waals surface area contributed by atoms with Gasteiger partial charge in [0.15, 0.2) is 0 Å². The molecule has 0 fully saturated rings. The number of benzene rings is 2. The average molecular weight is 382 g/mol. The molecule has 1 N–H and O–H groups in total. The fourth-order valence-electron chi connectivity index (χ4n) is 2.89. The minimum absolute atomic E-state index is 0. The molecule has 1 heterocycles. The molecule has 0 atom stereocenters. The van der Waals surface area contributed by atoms with Crippen molar-refractivity contribution in [3.05, 3.63) is 59.7 Å². The van der Waals surface area contributed by atoms with Crippen molar-refractivity contribution in [1.29, 1.82) is 0 Å². The van der Waals surface area contributed by atoms with Gasteiger partial charge in [0.05, 0.1) is 4.90 Å². The van der Waals surface area contributed by atoms with E-state index in [0.29, 0.717) is 4.90 Å². The van der Waals surface area contributed by atoms with Crippen molar-refractivity contribution in [3.63, 3.8) is 0 Å². The van der Waals surface area contributed by atoms with E-state index < -0.39 is 10.0 Å². The minimum atomic E-state index is -3.37. The third-order valence-corrected chi connectivity index (χ3v) is 6.11. The topological polar surface area (TPSA) is 52.7 Å². The zero-order valence-electron chi connectivity index (χ0n) is 14.5. The minimum Gasteiger partial charge on any atom is -0.366 e. The Morgan fingerprint density at radius 2 is 1.76 bits per heavy atom. The highest BCUT2D eigenvalue weighted by molar-refractivity contribution is 7.89. The van der Waals surface area contributed by atoms with E-state index in [4.69, 9.17) is 0 Å². The van der Waals surface area contributed by atoms with Crippen molar-refractivity contribution < 1.29 is 8.42 Å². The van der Waals surface area contributed by atoms with E-state index in [-0.39, 0.29) is 12.4 Å². The third-order valence-electron chi connectivity index (χ3n) is 4.28. The number of rotatable bonds is 4. The lowest BCUT2D eigenvalue weighted by Crippen LogP contribution is -2.28. The number of nitrogens with one attached hydrogen (secondary N) is 1. The normalized spacial score (nSPS) is 14.6. The van der Waals surface area contributed by atoms with E-state index in [2.05, 4.69) is 34.5 Å². The van der Waals surface area contributed by atoms with Crippen LogP contribution in [0.1, 0.15) is 11.1 Å². The molecule has 136 valence electrons. The molecule has 0 bridgehead atoms. The van der Waals surface area contributed by atoms with Crippen LogP contribution in [0.3, 0.4) is 0 Å². The summed E-state index contributed by atoms with van der Waals surface area (Å²) in [5, 5.41) is 3.43. The van der Waals surface area contributed by atoms with Crippen molar-refractivity contribution in [2.24, 2.45) is 0 Å². The number of para-hydroxylation sites is 1. The molecule has 25 heavy (non-hydrogen) atoms. The molecule has 7 heteroatoms. The fraction of sp³-hybridized carbons (Fsp3) is 0.333. The lowest BCUT2D eigenvalue weighted by atomic mass is 10.1. The summed E-state index contributed by atoms with van der Waals surface area (Å²) in [5.74, 6) is 0. The summed E-state index contributed by atoms with van der Waals surface area (Å²) >= 11 is 0. The van der Waals surface area contributed by atoms with Crippen LogP contribution < -0.4 is 10.2 Å². The van der Waals surface area contributed by atoms with Crippen molar-refractivity contribution in [2.75, 3.05) is 32.1 Å². The Hall–Kier alpha value is -1.60. The van der Waals surface area contributed by atoms with Crippen LogP contribution in [-0.2, 0) is 23.1 Å². The number of anilines is 1. The number of hydrogen-bond acceptors (Lipinski definition) is 4. The van der Waals surface area contributed by atoms with Gasteiger partial charge in [0.1, 0.15) is 0 Å². The van der Waals surface area contributed by atoms with Gasteiger partial charge >= 0.3 is 0 Å². The Morgan fingerprint density at radius 1 is 1.08 bits per heavy atom. The zero-order valence-corrected chi connectivity index (χ0v) is 16.1. The maximum atomic E-state index is 12.1. The quantitative estimate of drug-likeness (QED) is 0.883. The fourth-order valence-corrected chi connectivity index (χ4v) is 3.79. The second-order valence-corrected chi connectivity index (χ2v) is 8.31. The van der Waals surface area contributed by atoms with E-state index >= 15 is 0 Å². The standard InChI is InChI=1S/C18H23N3O2S.ClH/c1-20(2)24(22,23)17-9-7-15(8-10-17)14-21-12-11-19-13-16-5-3-4-6-18(16)21;/h3-10,19H,11-14H2,1-2H3;1H. The van der Waals surface area contributed by atoms with Gasteiger partial charge in [0.2, 0.25) is 10.0 Å². The summed E-state index contributed by atoms with van der Waals surface area (Å²) in [7, 11) is -0.279. The van der Waals surface area contributed by atoms with Crippen LogP contribution in [0.2, 0.25) is 0 Å². The lowest BCUT2D eigenvalue weighted by Gasteiger charge is -2.24. The molecule has 1 aliphatic rings. The molecule has 2 aromatic carbocycles. The average Bonchev–Trinajstić information content (AvgIpc) is 2.78. The number of hydrogen-bond donors (Lipinski definition) is 1. The molecule has 0 saturated carbocycles. The number of sulfonamides is 1. The maximum Gasteiger partial charge on any atom is 0.242 e. The molecule has 3 rings (SSSR count). The van der Waals surface area contributed by atoms with Crippen LogP contribution in [-0.4, -0.2) is 39.9 Å². The van der Waals surface area contributed by atoms with Crippen LogP contribution in [0.5, 0.6) is 0 Å². The van der Waals surface area contributed by atoms with E-state index in [9.17, 15) is 8.42 Å². The van der Waals surface area contributed by atoms with Gasteiger partial charge in [-0.15, -0.1) is 12.4 Å². The summed E-state index contributed by atoms with van der Waals surface area (Å²) in [6, 6.07) is 15.6. The van der Waals surface area contributed by atoms with E-state index in [0.717, 1.165) is 31.7 Å². The van der Waals surface area contributed by atoms with Gasteiger partial charge < -0.3 is 10.2 Å². The predicted octanol–water partition coefficient (Wildman–Crippen LogP) is 2.47. The van der Waals surface area contributed by atoms with Crippen LogP contribution in [0.15, 0.2) is 53.4 Å². The summed E-state index contributed by atoms with van der Waals surface area (Å²) in [6.45, 7) is 3.50. The molecule has 0 saturated heterocycles. The summed E-state index contributed by atoms with van der Waals surface area (Å²) < 4.78 is 25.5. The molecule has 0 aliphatic carbocycles. The van der Waals surface area contributed by atoms with Gasteiger partial charge in [-0.05, 0) is 29.3 Å². The van der Waals surface area contributed by atoms with Crippen molar-refractivity contribution in [3.8, 4) is 0 Å². The van der Waals surface area contributed by atoms with E-state index in [1.807, 2.05) is 12.1 Å². The third kappa shape index (κ3) is 4.33. The second kappa shape index (κ2) is 8.19. The highest BCUT2D eigenvalue weighted by Gasteiger charge is 2.18. The first-order valence-corrected chi connectivity index (χ1v) is 9.47. The van der Waals surface area contributed by atoms with Gasteiger partial charge in [-0.25, -0.2) is 12.7 Å². The highest BCUT2D eigenvalue weighted by Crippen LogP contribution is 2.24. The lowest BCUT2D eigenvalue weighted by molar-refractivity contribution is 0.520. The van der Waals surface area contributed by atoms with E-state index in [1.165, 1.54) is 15.6 Å². The zero-order chi connectivity index (χ0) is 17.2. The molecule has 0 unspecified atom stereocenters. The smallest absolute Gasteiger partial charge is 0.242 e. The Kier molecular flexibility index (Phi) is 6.46. The van der Waals surface area contributed by atoms with Crippen LogP contribution in [0, 0.1) is 0 Å². The molecular weight excluding hydrogens is 358 g/mol.